The SMILES string of the molecule is C=C(c1ncnc(N)c1C(=N)c1ccc(C(=O)Nc2cc(C(F)(F)F)ccn2)cc1)[C@@H]1CCCN(C(=O)C2(C)CCC2)C1. The molecule has 1 atom stereocenters. The predicted molar refractivity (Wildman–Crippen MR) is 156 cm³/mol. The van der Waals surface area contributed by atoms with E-state index in [2.05, 4.69) is 26.8 Å². The summed E-state index contributed by atoms with van der Waals surface area (Å²) in [7, 11) is 0. The van der Waals surface area contributed by atoms with Crippen molar-refractivity contribution in [3.8, 4) is 0 Å². The zero-order valence-corrected chi connectivity index (χ0v) is 23.7. The van der Waals surface area contributed by atoms with Crippen molar-refractivity contribution >= 4 is 34.7 Å². The van der Waals surface area contributed by atoms with Crippen molar-refractivity contribution in [3.63, 3.8) is 0 Å². The number of aromatic nitrogens is 3. The molecule has 3 heterocycles. The Bertz CT molecular complexity index is 1580. The lowest BCUT2D eigenvalue weighted by atomic mass is 9.69. The second kappa shape index (κ2) is 11.6. The van der Waals surface area contributed by atoms with Gasteiger partial charge in [-0.25, -0.2) is 15.0 Å². The molecule has 4 N–H and O–H groups in total. The van der Waals surface area contributed by atoms with E-state index in [4.69, 9.17) is 11.1 Å². The van der Waals surface area contributed by atoms with Crippen LogP contribution in [0.1, 0.15) is 71.8 Å². The standard InChI is InChI=1S/C31H32F3N7O2/c1-18(21-5-3-14-41(16-21)29(43)30(2)11-4-12-30)26-24(27(36)39-17-38-26)25(35)19-6-8-20(9-7-19)28(42)40-23-15-22(10-13-37-23)31(32,33)34/h6-10,13,15,17,21,35H,1,3-5,11-12,14,16H2,2H3,(H2,36,38,39)(H,37,40,42)/t21-/m1/s1. The number of nitrogens with one attached hydrogen (secondary N) is 2. The fraction of sp³-hybridized carbons (Fsp3) is 0.355. The van der Waals surface area contributed by atoms with Gasteiger partial charge >= 0.3 is 6.18 Å². The highest BCUT2D eigenvalue weighted by Gasteiger charge is 2.43. The second-order valence-corrected chi connectivity index (χ2v) is 11.3. The molecule has 0 unspecified atom stereocenters. The van der Waals surface area contributed by atoms with Crippen LogP contribution in [0.25, 0.3) is 5.57 Å². The van der Waals surface area contributed by atoms with E-state index in [1.807, 2.05) is 11.8 Å². The molecule has 9 nitrogen and oxygen atoms in total. The first-order valence-electron chi connectivity index (χ1n) is 14.0. The third kappa shape index (κ3) is 6.13. The van der Waals surface area contributed by atoms with Crippen LogP contribution in [0.15, 0.2) is 55.5 Å². The van der Waals surface area contributed by atoms with Crippen molar-refractivity contribution in [1.29, 1.82) is 5.41 Å². The summed E-state index contributed by atoms with van der Waals surface area (Å²) >= 11 is 0. The average Bonchev–Trinajstić information content (AvgIpc) is 2.98. The lowest BCUT2D eigenvalue weighted by molar-refractivity contribution is -0.147. The third-order valence-electron chi connectivity index (χ3n) is 8.37. The number of likely N-dealkylation sites (tertiary alicyclic amines) is 1. The van der Waals surface area contributed by atoms with Crippen LogP contribution < -0.4 is 11.1 Å². The van der Waals surface area contributed by atoms with Gasteiger partial charge in [-0.2, -0.15) is 13.2 Å². The van der Waals surface area contributed by atoms with Crippen molar-refractivity contribution < 1.29 is 22.8 Å². The zero-order valence-electron chi connectivity index (χ0n) is 23.7. The van der Waals surface area contributed by atoms with E-state index in [0.29, 0.717) is 35.5 Å². The van der Waals surface area contributed by atoms with Crippen LogP contribution in [-0.4, -0.2) is 50.5 Å². The van der Waals surface area contributed by atoms with Gasteiger partial charge in [-0.05, 0) is 55.5 Å². The number of carbonyl (C=O) groups is 2. The van der Waals surface area contributed by atoms with Crippen LogP contribution in [0, 0.1) is 16.7 Å². The van der Waals surface area contributed by atoms with E-state index in [1.54, 1.807) is 0 Å². The van der Waals surface area contributed by atoms with Crippen LogP contribution in [-0.2, 0) is 11.0 Å². The number of hydrogen-bond acceptors (Lipinski definition) is 7. The van der Waals surface area contributed by atoms with Gasteiger partial charge in [0.15, 0.2) is 0 Å². The van der Waals surface area contributed by atoms with E-state index in [1.165, 1.54) is 30.6 Å². The minimum absolute atomic E-state index is 0.0199. The Morgan fingerprint density at radius 1 is 1.09 bits per heavy atom. The van der Waals surface area contributed by atoms with E-state index in [9.17, 15) is 22.8 Å². The smallest absolute Gasteiger partial charge is 0.383 e. The molecule has 1 aromatic carbocycles. The molecule has 2 fully saturated rings. The van der Waals surface area contributed by atoms with Gasteiger partial charge in [-0.3, -0.25) is 15.0 Å². The van der Waals surface area contributed by atoms with Crippen LogP contribution in [0.2, 0.25) is 0 Å². The fourth-order valence-electron chi connectivity index (χ4n) is 5.63. The maximum atomic E-state index is 13.2. The summed E-state index contributed by atoms with van der Waals surface area (Å²) in [6.45, 7) is 7.56. The number of hydrogen-bond donors (Lipinski definition) is 3. The molecule has 2 aromatic heterocycles. The summed E-state index contributed by atoms with van der Waals surface area (Å²) in [6, 6.07) is 7.55. The van der Waals surface area contributed by atoms with Crippen LogP contribution in [0.3, 0.4) is 0 Å². The molecule has 43 heavy (non-hydrogen) atoms. The molecular weight excluding hydrogens is 559 g/mol. The van der Waals surface area contributed by atoms with Crippen LogP contribution >= 0.6 is 0 Å². The Hall–Kier alpha value is -4.61. The highest BCUT2D eigenvalue weighted by molar-refractivity contribution is 6.16. The summed E-state index contributed by atoms with van der Waals surface area (Å²) in [6.07, 6.45) is 2.25. The Kier molecular flexibility index (Phi) is 8.04. The summed E-state index contributed by atoms with van der Waals surface area (Å²) < 4.78 is 39.0. The Balaban J connectivity index is 1.32. The van der Waals surface area contributed by atoms with Gasteiger partial charge in [0.05, 0.1) is 22.5 Å². The molecule has 3 aromatic rings. The topological polar surface area (TPSA) is 138 Å². The Morgan fingerprint density at radius 2 is 1.79 bits per heavy atom. The quantitative estimate of drug-likeness (QED) is 0.307. The molecule has 5 rings (SSSR count). The van der Waals surface area contributed by atoms with Crippen molar-refractivity contribution in [1.82, 2.24) is 19.9 Å². The number of benzene rings is 1. The number of anilines is 2. The molecule has 2 amide bonds. The van der Waals surface area contributed by atoms with Gasteiger partial charge in [0.2, 0.25) is 5.91 Å². The molecule has 224 valence electrons. The first-order valence-corrected chi connectivity index (χ1v) is 14.0. The van der Waals surface area contributed by atoms with Crippen molar-refractivity contribution in [2.24, 2.45) is 11.3 Å². The normalized spacial score (nSPS) is 18.0. The molecule has 1 saturated carbocycles. The van der Waals surface area contributed by atoms with Crippen molar-refractivity contribution in [3.05, 3.63) is 83.4 Å². The highest BCUT2D eigenvalue weighted by atomic mass is 19.4. The van der Waals surface area contributed by atoms with Crippen molar-refractivity contribution in [2.45, 2.75) is 45.2 Å². The number of piperidine rings is 1. The number of alkyl halides is 3. The summed E-state index contributed by atoms with van der Waals surface area (Å²) in [4.78, 5) is 40.1. The molecule has 1 saturated heterocycles. The molecule has 0 spiro atoms. The number of halogens is 3. The average molecular weight is 592 g/mol. The van der Waals surface area contributed by atoms with E-state index in [-0.39, 0.29) is 40.2 Å². The number of carbonyl (C=O) groups excluding carboxylic acids is 2. The number of nitrogens with zero attached hydrogens (tertiary/aromatic N) is 4. The van der Waals surface area contributed by atoms with E-state index >= 15 is 0 Å². The zero-order chi connectivity index (χ0) is 30.9. The Morgan fingerprint density at radius 3 is 2.44 bits per heavy atom. The molecule has 1 aliphatic carbocycles. The number of nitrogens with two attached hydrogens (primary N) is 1. The molecule has 0 bridgehead atoms. The minimum Gasteiger partial charge on any atom is -0.383 e. The van der Waals surface area contributed by atoms with Gasteiger partial charge in [-0.1, -0.05) is 32.1 Å². The largest absolute Gasteiger partial charge is 0.416 e. The summed E-state index contributed by atoms with van der Waals surface area (Å²) in [5.74, 6) is -0.677. The number of nitrogen functional groups attached to an aromatic ring is 1. The summed E-state index contributed by atoms with van der Waals surface area (Å²) in [5.41, 5.74) is 7.03. The van der Waals surface area contributed by atoms with Crippen LogP contribution in [0.5, 0.6) is 0 Å². The minimum atomic E-state index is -4.57. The third-order valence-corrected chi connectivity index (χ3v) is 8.37. The maximum Gasteiger partial charge on any atom is 0.416 e. The van der Waals surface area contributed by atoms with Gasteiger partial charge in [0, 0.05) is 41.7 Å². The lowest BCUT2D eigenvalue weighted by Crippen LogP contribution is -2.49. The van der Waals surface area contributed by atoms with Gasteiger partial charge in [0.1, 0.15) is 18.0 Å². The van der Waals surface area contributed by atoms with Gasteiger partial charge in [0.25, 0.3) is 5.91 Å². The molecule has 2 aliphatic rings. The first-order chi connectivity index (χ1) is 20.4. The highest BCUT2D eigenvalue weighted by Crippen LogP contribution is 2.43. The van der Waals surface area contributed by atoms with Crippen LogP contribution in [0.4, 0.5) is 24.8 Å². The maximum absolute atomic E-state index is 13.2. The first kappa shape index (κ1) is 29.9. The predicted octanol–water partition coefficient (Wildman–Crippen LogP) is 5.58. The molecular formula is C31H32F3N7O2. The molecule has 12 heteroatoms. The van der Waals surface area contributed by atoms with Crippen molar-refractivity contribution in [2.75, 3.05) is 24.1 Å². The Labute approximate surface area is 246 Å². The number of rotatable bonds is 7. The second-order valence-electron chi connectivity index (χ2n) is 11.3. The van der Waals surface area contributed by atoms with E-state index in [0.717, 1.165) is 50.4 Å². The number of amides is 2. The fourth-order valence-corrected chi connectivity index (χ4v) is 5.63. The monoisotopic (exact) mass is 591 g/mol. The molecule has 0 radical (unpaired) electrons. The summed E-state index contributed by atoms with van der Waals surface area (Å²) in [5, 5.41) is 11.3. The molecule has 1 aliphatic heterocycles. The van der Waals surface area contributed by atoms with Gasteiger partial charge < -0.3 is 16.0 Å². The lowest BCUT2D eigenvalue weighted by Gasteiger charge is -2.43. The number of pyridine rings is 1. The van der Waals surface area contributed by atoms with E-state index < -0.39 is 17.6 Å². The van der Waals surface area contributed by atoms with Gasteiger partial charge in [-0.15, -0.1) is 0 Å².